The Morgan fingerprint density at radius 3 is 3.00 bits per heavy atom. The molecule has 24 heavy (non-hydrogen) atoms. The van der Waals surface area contributed by atoms with Crippen LogP contribution in [-0.4, -0.2) is 35.0 Å². The number of pyridine rings is 1. The molecule has 1 saturated heterocycles. The van der Waals surface area contributed by atoms with Crippen LogP contribution in [0.1, 0.15) is 12.1 Å². The quantitative estimate of drug-likeness (QED) is 0.541. The maximum atomic E-state index is 12.0. The first kappa shape index (κ1) is 16.3. The SMILES string of the molecule is NC(N)=Nc1nc(-c2cccc(CNC(=O)C3CCOC3)n2)cs1. The molecule has 1 aliphatic rings. The number of rotatable bonds is 5. The molecule has 1 atom stereocenters. The topological polar surface area (TPSA) is 129 Å². The van der Waals surface area contributed by atoms with Gasteiger partial charge in [-0.3, -0.25) is 4.79 Å². The summed E-state index contributed by atoms with van der Waals surface area (Å²) in [5, 5.41) is 5.21. The molecule has 0 radical (unpaired) electrons. The third-order valence-corrected chi connectivity index (χ3v) is 4.26. The van der Waals surface area contributed by atoms with Crippen LogP contribution >= 0.6 is 11.3 Å². The molecule has 3 rings (SSSR count). The third kappa shape index (κ3) is 4.06. The summed E-state index contributed by atoms with van der Waals surface area (Å²) < 4.78 is 5.22. The van der Waals surface area contributed by atoms with E-state index in [1.807, 2.05) is 23.6 Å². The zero-order valence-corrected chi connectivity index (χ0v) is 13.8. The van der Waals surface area contributed by atoms with Crippen molar-refractivity contribution in [2.75, 3.05) is 13.2 Å². The summed E-state index contributed by atoms with van der Waals surface area (Å²) in [5.41, 5.74) is 12.9. The zero-order chi connectivity index (χ0) is 16.9. The van der Waals surface area contributed by atoms with Crippen LogP contribution in [0.5, 0.6) is 0 Å². The molecule has 0 aliphatic carbocycles. The molecule has 5 N–H and O–H groups in total. The lowest BCUT2D eigenvalue weighted by atomic mass is 10.1. The first-order valence-electron chi connectivity index (χ1n) is 7.49. The molecular weight excluding hydrogens is 328 g/mol. The Hall–Kier alpha value is -2.52. The van der Waals surface area contributed by atoms with Crippen molar-refractivity contribution in [3.05, 3.63) is 29.3 Å². The number of nitrogens with two attached hydrogens (primary N) is 2. The number of nitrogens with one attached hydrogen (secondary N) is 1. The number of thiazole rings is 1. The molecule has 8 nitrogen and oxygen atoms in total. The van der Waals surface area contributed by atoms with Crippen LogP contribution in [0, 0.1) is 5.92 Å². The van der Waals surface area contributed by atoms with Crippen molar-refractivity contribution in [1.82, 2.24) is 15.3 Å². The molecule has 1 fully saturated rings. The third-order valence-electron chi connectivity index (χ3n) is 3.53. The van der Waals surface area contributed by atoms with Crippen molar-refractivity contribution in [3.63, 3.8) is 0 Å². The Balaban J connectivity index is 1.66. The van der Waals surface area contributed by atoms with Crippen LogP contribution in [0.25, 0.3) is 11.4 Å². The fraction of sp³-hybridized carbons (Fsp3) is 0.333. The first-order valence-corrected chi connectivity index (χ1v) is 8.36. The number of aromatic nitrogens is 2. The number of nitrogens with zero attached hydrogens (tertiary/aromatic N) is 3. The summed E-state index contributed by atoms with van der Waals surface area (Å²) in [7, 11) is 0. The lowest BCUT2D eigenvalue weighted by molar-refractivity contribution is -0.125. The van der Waals surface area contributed by atoms with Crippen molar-refractivity contribution >= 4 is 28.3 Å². The molecule has 1 aliphatic heterocycles. The van der Waals surface area contributed by atoms with Crippen molar-refractivity contribution in [1.29, 1.82) is 0 Å². The van der Waals surface area contributed by atoms with E-state index in [1.54, 1.807) is 0 Å². The molecule has 126 valence electrons. The molecule has 0 spiro atoms. The van der Waals surface area contributed by atoms with E-state index in [1.165, 1.54) is 11.3 Å². The Morgan fingerprint density at radius 1 is 1.38 bits per heavy atom. The number of hydrogen-bond donors (Lipinski definition) is 3. The standard InChI is InChI=1S/C15H18N6O2S/c16-14(17)21-15-20-12(8-24-15)11-3-1-2-10(19-11)6-18-13(22)9-4-5-23-7-9/h1-3,8-9H,4-7H2,(H,18,22)(H4,16,17,20,21). The number of guanidine groups is 1. The average molecular weight is 346 g/mol. The number of carbonyl (C=O) groups is 1. The van der Waals surface area contributed by atoms with Gasteiger partial charge in [0, 0.05) is 12.0 Å². The van der Waals surface area contributed by atoms with Crippen LogP contribution in [0.2, 0.25) is 0 Å². The molecule has 2 aromatic rings. The van der Waals surface area contributed by atoms with Gasteiger partial charge in [0.2, 0.25) is 11.0 Å². The van der Waals surface area contributed by atoms with Crippen LogP contribution < -0.4 is 16.8 Å². The lowest BCUT2D eigenvalue weighted by Crippen LogP contribution is -2.30. The summed E-state index contributed by atoms with van der Waals surface area (Å²) in [6, 6.07) is 5.59. The van der Waals surface area contributed by atoms with E-state index in [9.17, 15) is 4.79 Å². The Labute approximate surface area is 143 Å². The van der Waals surface area contributed by atoms with Gasteiger partial charge in [-0.1, -0.05) is 6.07 Å². The number of ether oxygens (including phenoxy) is 1. The van der Waals surface area contributed by atoms with Gasteiger partial charge in [0.1, 0.15) is 5.69 Å². The largest absolute Gasteiger partial charge is 0.381 e. The summed E-state index contributed by atoms with van der Waals surface area (Å²) in [5.74, 6) is -0.0894. The van der Waals surface area contributed by atoms with E-state index >= 15 is 0 Å². The second kappa shape index (κ2) is 7.37. The highest BCUT2D eigenvalue weighted by molar-refractivity contribution is 7.13. The van der Waals surface area contributed by atoms with E-state index in [0.717, 1.165) is 12.1 Å². The molecule has 0 bridgehead atoms. The van der Waals surface area contributed by atoms with Crippen molar-refractivity contribution in [2.45, 2.75) is 13.0 Å². The summed E-state index contributed by atoms with van der Waals surface area (Å²) in [6.45, 7) is 1.51. The number of amides is 1. The van der Waals surface area contributed by atoms with E-state index in [-0.39, 0.29) is 17.8 Å². The lowest BCUT2D eigenvalue weighted by Gasteiger charge is -2.09. The van der Waals surface area contributed by atoms with Crippen molar-refractivity contribution in [3.8, 4) is 11.4 Å². The van der Waals surface area contributed by atoms with Gasteiger partial charge >= 0.3 is 0 Å². The fourth-order valence-electron chi connectivity index (χ4n) is 2.33. The van der Waals surface area contributed by atoms with Crippen LogP contribution in [0.15, 0.2) is 28.6 Å². The van der Waals surface area contributed by atoms with Gasteiger partial charge in [0.25, 0.3) is 0 Å². The first-order chi connectivity index (χ1) is 11.6. The van der Waals surface area contributed by atoms with E-state index < -0.39 is 0 Å². The summed E-state index contributed by atoms with van der Waals surface area (Å²) >= 11 is 1.33. The summed E-state index contributed by atoms with van der Waals surface area (Å²) in [6.07, 6.45) is 0.770. The zero-order valence-electron chi connectivity index (χ0n) is 12.9. The molecule has 3 heterocycles. The van der Waals surface area contributed by atoms with Gasteiger partial charge in [0.15, 0.2) is 5.96 Å². The second-order valence-corrected chi connectivity index (χ2v) is 6.18. The number of hydrogen-bond acceptors (Lipinski definition) is 6. The van der Waals surface area contributed by atoms with Gasteiger partial charge in [-0.25, -0.2) is 9.97 Å². The molecule has 1 unspecified atom stereocenters. The minimum Gasteiger partial charge on any atom is -0.381 e. The van der Waals surface area contributed by atoms with Gasteiger partial charge in [-0.2, -0.15) is 4.99 Å². The van der Waals surface area contributed by atoms with Crippen LogP contribution in [0.3, 0.4) is 0 Å². The predicted molar refractivity (Wildman–Crippen MR) is 91.6 cm³/mol. The van der Waals surface area contributed by atoms with Crippen LogP contribution in [-0.2, 0) is 16.1 Å². The highest BCUT2D eigenvalue weighted by Gasteiger charge is 2.23. The molecule has 9 heteroatoms. The normalized spacial score (nSPS) is 16.8. The maximum Gasteiger partial charge on any atom is 0.225 e. The van der Waals surface area contributed by atoms with Gasteiger partial charge < -0.3 is 21.5 Å². The Kier molecular flexibility index (Phi) is 5.02. The maximum absolute atomic E-state index is 12.0. The predicted octanol–water partition coefficient (Wildman–Crippen LogP) is 0.763. The van der Waals surface area contributed by atoms with Gasteiger partial charge in [-0.05, 0) is 18.6 Å². The fourth-order valence-corrected chi connectivity index (χ4v) is 3.03. The highest BCUT2D eigenvalue weighted by Crippen LogP contribution is 2.25. The van der Waals surface area contributed by atoms with Gasteiger partial charge in [-0.15, -0.1) is 11.3 Å². The van der Waals surface area contributed by atoms with E-state index in [4.69, 9.17) is 16.2 Å². The highest BCUT2D eigenvalue weighted by atomic mass is 32.1. The molecular formula is C15H18N6O2S. The minimum absolute atomic E-state index is 0.00315. The number of carbonyl (C=O) groups excluding carboxylic acids is 1. The molecule has 2 aromatic heterocycles. The number of aliphatic imine (C=N–C) groups is 1. The second-order valence-electron chi connectivity index (χ2n) is 5.34. The van der Waals surface area contributed by atoms with E-state index in [0.29, 0.717) is 36.3 Å². The van der Waals surface area contributed by atoms with Gasteiger partial charge in [0.05, 0.1) is 30.5 Å². The van der Waals surface area contributed by atoms with E-state index in [2.05, 4.69) is 20.3 Å². The van der Waals surface area contributed by atoms with Crippen LogP contribution in [0.4, 0.5) is 5.13 Å². The minimum atomic E-state index is -0.0612. The molecule has 0 saturated carbocycles. The Morgan fingerprint density at radius 2 is 2.25 bits per heavy atom. The molecule has 0 aromatic carbocycles. The molecule has 1 amide bonds. The van der Waals surface area contributed by atoms with Crippen molar-refractivity contribution < 1.29 is 9.53 Å². The van der Waals surface area contributed by atoms with Crippen molar-refractivity contribution in [2.24, 2.45) is 22.4 Å². The average Bonchev–Trinajstić information content (AvgIpc) is 3.24. The monoisotopic (exact) mass is 346 g/mol. The summed E-state index contributed by atoms with van der Waals surface area (Å²) in [4.78, 5) is 24.8. The Bertz CT molecular complexity index is 750. The smallest absolute Gasteiger partial charge is 0.225 e.